The van der Waals surface area contributed by atoms with Crippen LogP contribution in [0.2, 0.25) is 5.02 Å². The first kappa shape index (κ1) is 22.6. The summed E-state index contributed by atoms with van der Waals surface area (Å²) in [6, 6.07) is 9.29. The Balaban J connectivity index is 0.00000338. The Morgan fingerprint density at radius 1 is 1.31 bits per heavy atom. The van der Waals surface area contributed by atoms with Gasteiger partial charge in [-0.2, -0.15) is 0 Å². The van der Waals surface area contributed by atoms with Gasteiger partial charge in [-0.25, -0.2) is 4.99 Å². The lowest BCUT2D eigenvalue weighted by Gasteiger charge is -2.11. The van der Waals surface area contributed by atoms with E-state index in [1.165, 1.54) is 0 Å². The molecule has 0 fully saturated rings. The fourth-order valence-corrected chi connectivity index (χ4v) is 2.25. The van der Waals surface area contributed by atoms with Crippen molar-refractivity contribution in [3.8, 4) is 5.75 Å². The molecule has 2 rings (SSSR count). The summed E-state index contributed by atoms with van der Waals surface area (Å²) >= 11 is 5.93. The van der Waals surface area contributed by atoms with Gasteiger partial charge in [0.25, 0.3) is 0 Å². The van der Waals surface area contributed by atoms with Gasteiger partial charge in [0.15, 0.2) is 11.7 Å². The predicted molar refractivity (Wildman–Crippen MR) is 116 cm³/mol. The van der Waals surface area contributed by atoms with E-state index >= 15 is 0 Å². The number of aliphatic imine (C=N–C) groups is 1. The summed E-state index contributed by atoms with van der Waals surface area (Å²) in [6.45, 7) is 8.51. The molecule has 0 aliphatic carbocycles. The number of guanidine groups is 1. The highest BCUT2D eigenvalue weighted by molar-refractivity contribution is 14.0. The Bertz CT molecular complexity index is 691. The molecule has 0 radical (unpaired) electrons. The summed E-state index contributed by atoms with van der Waals surface area (Å²) in [7, 11) is 0. The fraction of sp³-hybridized carbons (Fsp3) is 0.444. The molecule has 0 unspecified atom stereocenters. The van der Waals surface area contributed by atoms with Crippen LogP contribution in [0.4, 0.5) is 0 Å². The minimum Gasteiger partial charge on any atom is -0.492 e. The molecule has 1 heterocycles. The molecule has 2 aromatic rings. The van der Waals surface area contributed by atoms with Crippen molar-refractivity contribution in [1.82, 2.24) is 15.8 Å². The molecule has 0 bridgehead atoms. The summed E-state index contributed by atoms with van der Waals surface area (Å²) in [4.78, 5) is 4.50. The standard InChI is InChI=1S/C18H25ClN4O2.HI/c1-4-20-18(22-12-16-11-17(13(2)3)23-25-16)21-8-9-24-15-7-5-6-14(19)10-15;/h5-7,10-11,13H,4,8-9,12H2,1-3H3,(H2,20,21,22);1H. The van der Waals surface area contributed by atoms with Crippen molar-refractivity contribution >= 4 is 41.5 Å². The molecular weight excluding hydrogens is 467 g/mol. The number of aromatic nitrogens is 1. The zero-order valence-electron chi connectivity index (χ0n) is 15.3. The smallest absolute Gasteiger partial charge is 0.191 e. The van der Waals surface area contributed by atoms with Crippen LogP contribution in [0.15, 0.2) is 39.8 Å². The Hall–Kier alpha value is -1.48. The Kier molecular flexibility index (Phi) is 10.4. The zero-order valence-corrected chi connectivity index (χ0v) is 18.4. The topological polar surface area (TPSA) is 71.7 Å². The SMILES string of the molecule is CCNC(=NCc1cc(C(C)C)no1)NCCOc1cccc(Cl)c1.I. The molecule has 2 N–H and O–H groups in total. The number of nitrogens with one attached hydrogen (secondary N) is 2. The molecule has 144 valence electrons. The fourth-order valence-electron chi connectivity index (χ4n) is 2.07. The monoisotopic (exact) mass is 492 g/mol. The second-order valence-electron chi connectivity index (χ2n) is 5.80. The van der Waals surface area contributed by atoms with Gasteiger partial charge in [0.05, 0.1) is 12.2 Å². The van der Waals surface area contributed by atoms with E-state index in [0.717, 1.165) is 23.7 Å². The normalized spacial score (nSPS) is 11.2. The van der Waals surface area contributed by atoms with Gasteiger partial charge in [0.2, 0.25) is 0 Å². The molecule has 0 saturated carbocycles. The zero-order chi connectivity index (χ0) is 18.1. The third-order valence-electron chi connectivity index (χ3n) is 3.37. The molecule has 1 aromatic heterocycles. The van der Waals surface area contributed by atoms with Crippen LogP contribution in [0.3, 0.4) is 0 Å². The van der Waals surface area contributed by atoms with Gasteiger partial charge in [-0.05, 0) is 31.0 Å². The largest absolute Gasteiger partial charge is 0.492 e. The van der Waals surface area contributed by atoms with E-state index in [9.17, 15) is 0 Å². The molecule has 0 atom stereocenters. The van der Waals surface area contributed by atoms with Crippen LogP contribution < -0.4 is 15.4 Å². The van der Waals surface area contributed by atoms with Crippen LogP contribution in [0.5, 0.6) is 5.75 Å². The van der Waals surface area contributed by atoms with E-state index in [1.807, 2.05) is 31.2 Å². The highest BCUT2D eigenvalue weighted by Crippen LogP contribution is 2.16. The average Bonchev–Trinajstić information content (AvgIpc) is 3.06. The van der Waals surface area contributed by atoms with Gasteiger partial charge in [0, 0.05) is 17.6 Å². The van der Waals surface area contributed by atoms with Crippen LogP contribution >= 0.6 is 35.6 Å². The Labute approximate surface area is 176 Å². The summed E-state index contributed by atoms with van der Waals surface area (Å²) in [5.41, 5.74) is 0.943. The molecule has 1 aromatic carbocycles. The van der Waals surface area contributed by atoms with Crippen molar-refractivity contribution in [2.75, 3.05) is 19.7 Å². The minimum absolute atomic E-state index is 0. The van der Waals surface area contributed by atoms with Gasteiger partial charge in [0.1, 0.15) is 18.9 Å². The van der Waals surface area contributed by atoms with Crippen LogP contribution in [-0.4, -0.2) is 30.8 Å². The van der Waals surface area contributed by atoms with Crippen molar-refractivity contribution in [1.29, 1.82) is 0 Å². The Morgan fingerprint density at radius 3 is 2.77 bits per heavy atom. The third-order valence-corrected chi connectivity index (χ3v) is 3.60. The van der Waals surface area contributed by atoms with Crippen LogP contribution in [-0.2, 0) is 6.54 Å². The van der Waals surface area contributed by atoms with Crippen LogP contribution in [0.25, 0.3) is 0 Å². The third kappa shape index (κ3) is 7.82. The van der Waals surface area contributed by atoms with Crippen LogP contribution in [0, 0.1) is 0 Å². The van der Waals surface area contributed by atoms with E-state index < -0.39 is 0 Å². The average molecular weight is 493 g/mol. The van der Waals surface area contributed by atoms with Gasteiger partial charge in [-0.3, -0.25) is 0 Å². The van der Waals surface area contributed by atoms with E-state index in [4.69, 9.17) is 20.9 Å². The van der Waals surface area contributed by atoms with E-state index in [-0.39, 0.29) is 24.0 Å². The number of halogens is 2. The lowest BCUT2D eigenvalue weighted by Crippen LogP contribution is -2.39. The van der Waals surface area contributed by atoms with Gasteiger partial charge in [-0.15, -0.1) is 24.0 Å². The molecule has 0 spiro atoms. The highest BCUT2D eigenvalue weighted by atomic mass is 127. The molecule has 6 nitrogen and oxygen atoms in total. The summed E-state index contributed by atoms with van der Waals surface area (Å²) < 4.78 is 10.9. The second kappa shape index (κ2) is 12.0. The van der Waals surface area contributed by atoms with Crippen molar-refractivity contribution in [3.63, 3.8) is 0 Å². The lowest BCUT2D eigenvalue weighted by molar-refractivity contribution is 0.322. The van der Waals surface area contributed by atoms with E-state index in [0.29, 0.717) is 36.6 Å². The quantitative estimate of drug-likeness (QED) is 0.250. The van der Waals surface area contributed by atoms with Gasteiger partial charge in [-0.1, -0.05) is 36.7 Å². The van der Waals surface area contributed by atoms with Gasteiger partial charge < -0.3 is 19.9 Å². The molecule has 0 amide bonds. The first-order valence-electron chi connectivity index (χ1n) is 8.44. The first-order valence-corrected chi connectivity index (χ1v) is 8.82. The van der Waals surface area contributed by atoms with Crippen molar-refractivity contribution in [2.24, 2.45) is 4.99 Å². The molecule has 8 heteroatoms. The Morgan fingerprint density at radius 2 is 2.12 bits per heavy atom. The van der Waals surface area contributed by atoms with E-state index in [1.54, 1.807) is 6.07 Å². The second-order valence-corrected chi connectivity index (χ2v) is 6.24. The minimum atomic E-state index is 0. The van der Waals surface area contributed by atoms with Crippen LogP contribution in [0.1, 0.15) is 38.1 Å². The summed E-state index contributed by atoms with van der Waals surface area (Å²) in [5, 5.41) is 11.1. The maximum Gasteiger partial charge on any atom is 0.191 e. The molecular formula is C18H26ClIN4O2. The highest BCUT2D eigenvalue weighted by Gasteiger charge is 2.07. The number of hydrogen-bond acceptors (Lipinski definition) is 4. The first-order chi connectivity index (χ1) is 12.1. The molecule has 0 aliphatic rings. The number of rotatable bonds is 8. The maximum absolute atomic E-state index is 5.93. The predicted octanol–water partition coefficient (Wildman–Crippen LogP) is 4.20. The van der Waals surface area contributed by atoms with E-state index in [2.05, 4.69) is 34.6 Å². The summed E-state index contributed by atoms with van der Waals surface area (Å²) in [6.07, 6.45) is 0. The lowest BCUT2D eigenvalue weighted by atomic mass is 10.1. The maximum atomic E-state index is 5.93. The van der Waals surface area contributed by atoms with Crippen molar-refractivity contribution in [3.05, 3.63) is 46.8 Å². The number of nitrogens with zero attached hydrogens (tertiary/aromatic N) is 2. The van der Waals surface area contributed by atoms with Crippen molar-refractivity contribution < 1.29 is 9.26 Å². The molecule has 26 heavy (non-hydrogen) atoms. The van der Waals surface area contributed by atoms with Gasteiger partial charge >= 0.3 is 0 Å². The summed E-state index contributed by atoms with van der Waals surface area (Å²) in [5.74, 6) is 2.55. The molecule has 0 saturated heterocycles. The number of hydrogen-bond donors (Lipinski definition) is 2. The number of benzene rings is 1. The van der Waals surface area contributed by atoms with Crippen molar-refractivity contribution in [2.45, 2.75) is 33.2 Å². The number of ether oxygens (including phenoxy) is 1. The molecule has 0 aliphatic heterocycles.